The van der Waals surface area contributed by atoms with Gasteiger partial charge < -0.3 is 29.6 Å². The van der Waals surface area contributed by atoms with E-state index in [9.17, 15) is 19.6 Å². The quantitative estimate of drug-likeness (QED) is 0.149. The molecule has 232 valence electrons. The van der Waals surface area contributed by atoms with Crippen LogP contribution in [0.1, 0.15) is 42.1 Å². The summed E-state index contributed by atoms with van der Waals surface area (Å²) in [4.78, 5) is 37.3. The van der Waals surface area contributed by atoms with Gasteiger partial charge in [0.05, 0.1) is 43.2 Å². The standard InChI is InChI=1S/C32H30ClN5O7/c1-4-43-31(40)29-19(2)36-32(41)37-30(29)20-9-11-26(27(14-20)42-3)45-18-28(39)38-35-16-23-13-24(33)10-12-25(23)44-17-22-8-6-5-7-21(22)15-34/h5-14,16,30H,4,17-18H2,1-3H3,(H,38,39)(H2,36,37,41)/b35-16+/t30-/m1/s1. The number of benzene rings is 3. The van der Waals surface area contributed by atoms with Crippen LogP contribution < -0.4 is 30.3 Å². The number of ether oxygens (including phenoxy) is 4. The van der Waals surface area contributed by atoms with Crippen molar-refractivity contribution in [3.63, 3.8) is 0 Å². The first-order chi connectivity index (χ1) is 21.7. The zero-order valence-electron chi connectivity index (χ0n) is 24.7. The minimum Gasteiger partial charge on any atom is -0.493 e. The molecule has 0 radical (unpaired) electrons. The van der Waals surface area contributed by atoms with Crippen molar-refractivity contribution in [2.75, 3.05) is 20.3 Å². The van der Waals surface area contributed by atoms with Crippen LogP contribution >= 0.6 is 11.6 Å². The van der Waals surface area contributed by atoms with Crippen LogP contribution in [-0.4, -0.2) is 44.4 Å². The molecule has 4 rings (SSSR count). The van der Waals surface area contributed by atoms with Crippen LogP contribution in [0.2, 0.25) is 5.02 Å². The molecule has 1 heterocycles. The van der Waals surface area contributed by atoms with E-state index in [1.54, 1.807) is 68.4 Å². The average molecular weight is 632 g/mol. The van der Waals surface area contributed by atoms with Gasteiger partial charge in [0.25, 0.3) is 5.91 Å². The maximum Gasteiger partial charge on any atom is 0.338 e. The van der Waals surface area contributed by atoms with Crippen molar-refractivity contribution >= 4 is 35.7 Å². The number of methoxy groups -OCH3 is 1. The topological polar surface area (TPSA) is 160 Å². The van der Waals surface area contributed by atoms with E-state index in [2.05, 4.69) is 27.2 Å². The predicted octanol–water partition coefficient (Wildman–Crippen LogP) is 4.52. The molecule has 0 bridgehead atoms. The molecule has 0 unspecified atom stereocenters. The summed E-state index contributed by atoms with van der Waals surface area (Å²) in [7, 11) is 1.42. The number of nitriles is 1. The van der Waals surface area contributed by atoms with E-state index in [0.29, 0.717) is 33.2 Å². The Morgan fingerprint density at radius 3 is 2.62 bits per heavy atom. The van der Waals surface area contributed by atoms with Gasteiger partial charge in [0.15, 0.2) is 18.1 Å². The summed E-state index contributed by atoms with van der Waals surface area (Å²) in [6.45, 7) is 3.23. The lowest BCUT2D eigenvalue weighted by Crippen LogP contribution is -2.45. The van der Waals surface area contributed by atoms with Gasteiger partial charge >= 0.3 is 12.0 Å². The monoisotopic (exact) mass is 631 g/mol. The summed E-state index contributed by atoms with van der Waals surface area (Å²) >= 11 is 6.15. The highest BCUT2D eigenvalue weighted by atomic mass is 35.5. The second-order valence-electron chi connectivity index (χ2n) is 9.52. The number of carbonyl (C=O) groups is 3. The Kier molecular flexibility index (Phi) is 11.0. The maximum atomic E-state index is 12.6. The second-order valence-corrected chi connectivity index (χ2v) is 9.96. The van der Waals surface area contributed by atoms with E-state index in [1.807, 2.05) is 6.07 Å². The van der Waals surface area contributed by atoms with Crippen molar-refractivity contribution in [1.29, 1.82) is 5.26 Å². The third-order valence-corrected chi connectivity index (χ3v) is 6.77. The van der Waals surface area contributed by atoms with Gasteiger partial charge in [0, 0.05) is 21.8 Å². The zero-order valence-corrected chi connectivity index (χ0v) is 25.4. The first kappa shape index (κ1) is 32.4. The molecule has 0 saturated heterocycles. The minimum absolute atomic E-state index is 0.150. The average Bonchev–Trinajstić information content (AvgIpc) is 3.03. The van der Waals surface area contributed by atoms with Crippen molar-refractivity contribution < 1.29 is 33.3 Å². The van der Waals surface area contributed by atoms with Crippen molar-refractivity contribution in [3.05, 3.63) is 99.2 Å². The Morgan fingerprint density at radius 1 is 1.09 bits per heavy atom. The molecular weight excluding hydrogens is 602 g/mol. The van der Waals surface area contributed by atoms with E-state index in [4.69, 9.17) is 30.5 Å². The van der Waals surface area contributed by atoms with E-state index in [-0.39, 0.29) is 30.3 Å². The minimum atomic E-state index is -0.792. The number of nitrogens with zero attached hydrogens (tertiary/aromatic N) is 2. The Labute approximate surface area is 264 Å². The fourth-order valence-corrected chi connectivity index (χ4v) is 4.60. The molecule has 3 aromatic rings. The number of hydrogen-bond donors (Lipinski definition) is 3. The van der Waals surface area contributed by atoms with Gasteiger partial charge in [-0.1, -0.05) is 35.9 Å². The zero-order chi connectivity index (χ0) is 32.3. The van der Waals surface area contributed by atoms with E-state index >= 15 is 0 Å². The lowest BCUT2D eigenvalue weighted by Gasteiger charge is -2.28. The highest BCUT2D eigenvalue weighted by Gasteiger charge is 2.32. The Bertz CT molecular complexity index is 1700. The number of esters is 1. The molecule has 0 aromatic heterocycles. The molecule has 3 amide bonds. The number of hydrazone groups is 1. The molecule has 1 atom stereocenters. The Hall–Kier alpha value is -5.54. The van der Waals surface area contributed by atoms with Gasteiger partial charge in [-0.25, -0.2) is 15.0 Å². The molecule has 3 N–H and O–H groups in total. The van der Waals surface area contributed by atoms with Gasteiger partial charge in [0.2, 0.25) is 0 Å². The molecule has 1 aliphatic rings. The summed E-state index contributed by atoms with van der Waals surface area (Å²) in [5.41, 5.74) is 5.30. The van der Waals surface area contributed by atoms with Crippen LogP contribution in [0.25, 0.3) is 0 Å². The molecule has 1 aliphatic heterocycles. The van der Waals surface area contributed by atoms with Crippen molar-refractivity contribution in [1.82, 2.24) is 16.1 Å². The molecule has 0 spiro atoms. The normalized spacial score (nSPS) is 14.2. The number of carbonyl (C=O) groups excluding carboxylic acids is 3. The number of amides is 3. The smallest absolute Gasteiger partial charge is 0.338 e. The molecule has 0 fully saturated rings. The maximum absolute atomic E-state index is 12.6. The van der Waals surface area contributed by atoms with Crippen LogP contribution in [-0.2, 0) is 20.9 Å². The van der Waals surface area contributed by atoms with Gasteiger partial charge in [-0.15, -0.1) is 0 Å². The van der Waals surface area contributed by atoms with E-state index < -0.39 is 30.6 Å². The number of urea groups is 1. The highest BCUT2D eigenvalue weighted by Crippen LogP contribution is 2.34. The fourth-order valence-electron chi connectivity index (χ4n) is 4.42. The van der Waals surface area contributed by atoms with E-state index in [0.717, 1.165) is 5.56 Å². The Morgan fingerprint density at radius 2 is 1.87 bits per heavy atom. The first-order valence-electron chi connectivity index (χ1n) is 13.7. The number of nitrogens with one attached hydrogen (secondary N) is 3. The number of halogens is 1. The molecule has 3 aromatic carbocycles. The van der Waals surface area contributed by atoms with Gasteiger partial charge in [-0.3, -0.25) is 4.79 Å². The fraction of sp³-hybridized carbons (Fsp3) is 0.219. The molecular formula is C32H30ClN5O7. The second kappa shape index (κ2) is 15.3. The number of rotatable bonds is 12. The lowest BCUT2D eigenvalue weighted by atomic mass is 9.95. The predicted molar refractivity (Wildman–Crippen MR) is 165 cm³/mol. The van der Waals surface area contributed by atoms with Crippen molar-refractivity contribution in [2.24, 2.45) is 5.10 Å². The lowest BCUT2D eigenvalue weighted by molar-refractivity contribution is -0.139. The van der Waals surface area contributed by atoms with Crippen LogP contribution in [0.5, 0.6) is 17.2 Å². The summed E-state index contributed by atoms with van der Waals surface area (Å²) in [5, 5.41) is 19.1. The van der Waals surface area contributed by atoms with E-state index in [1.165, 1.54) is 13.3 Å². The molecule has 0 saturated carbocycles. The first-order valence-corrected chi connectivity index (χ1v) is 14.1. The summed E-state index contributed by atoms with van der Waals surface area (Å²) in [5.74, 6) is -0.144. The third kappa shape index (κ3) is 8.31. The van der Waals surface area contributed by atoms with Crippen molar-refractivity contribution in [3.8, 4) is 23.3 Å². The van der Waals surface area contributed by atoms with Gasteiger partial charge in [-0.2, -0.15) is 10.4 Å². The van der Waals surface area contributed by atoms with Crippen LogP contribution in [0.4, 0.5) is 4.79 Å². The molecule has 13 heteroatoms. The van der Waals surface area contributed by atoms with Gasteiger partial charge in [0.1, 0.15) is 12.4 Å². The molecule has 0 aliphatic carbocycles. The Balaban J connectivity index is 1.40. The number of allylic oxidation sites excluding steroid dienone is 1. The van der Waals surface area contributed by atoms with Crippen molar-refractivity contribution in [2.45, 2.75) is 26.5 Å². The molecule has 45 heavy (non-hydrogen) atoms. The number of hydrogen-bond acceptors (Lipinski definition) is 9. The third-order valence-electron chi connectivity index (χ3n) is 6.53. The van der Waals surface area contributed by atoms with Crippen LogP contribution in [0, 0.1) is 11.3 Å². The summed E-state index contributed by atoms with van der Waals surface area (Å²) in [6.07, 6.45) is 1.38. The summed E-state index contributed by atoms with van der Waals surface area (Å²) in [6, 6.07) is 17.7. The SMILES string of the molecule is CCOC(=O)C1=C(C)NC(=O)N[C@@H]1c1ccc(OCC(=O)N/N=C/c2cc(Cl)ccc2OCc2ccccc2C#N)c(OC)c1. The molecule has 12 nitrogen and oxygen atoms in total. The van der Waals surface area contributed by atoms with Crippen LogP contribution in [0.15, 0.2) is 77.0 Å². The van der Waals surface area contributed by atoms with Crippen LogP contribution in [0.3, 0.4) is 0 Å². The highest BCUT2D eigenvalue weighted by molar-refractivity contribution is 6.30. The van der Waals surface area contributed by atoms with Gasteiger partial charge in [-0.05, 0) is 55.8 Å². The largest absolute Gasteiger partial charge is 0.493 e. The summed E-state index contributed by atoms with van der Waals surface area (Å²) < 4.78 is 22.2.